The van der Waals surface area contributed by atoms with Gasteiger partial charge in [0.25, 0.3) is 0 Å². The van der Waals surface area contributed by atoms with Crippen LogP contribution < -0.4 is 5.32 Å². The molecule has 0 aliphatic heterocycles. The van der Waals surface area contributed by atoms with Crippen molar-refractivity contribution in [1.82, 2.24) is 5.32 Å². The van der Waals surface area contributed by atoms with E-state index in [-0.39, 0.29) is 0 Å². The van der Waals surface area contributed by atoms with Crippen LogP contribution in [-0.2, 0) is 4.74 Å². The molecule has 0 amide bonds. The standard InChI is InChI=1S/C9H18N2OS/c1-9(7-10,11-2)8-13-6-4-5-12-3/h11H,4-6,8H2,1-3H3. The Labute approximate surface area is 84.8 Å². The monoisotopic (exact) mass is 202 g/mol. The predicted octanol–water partition coefficient (Wildman–Crippen LogP) is 1.26. The molecule has 0 rings (SSSR count). The van der Waals surface area contributed by atoms with Gasteiger partial charge in [0.2, 0.25) is 0 Å². The molecule has 0 spiro atoms. The van der Waals surface area contributed by atoms with Gasteiger partial charge in [-0.3, -0.25) is 0 Å². The van der Waals surface area contributed by atoms with Crippen molar-refractivity contribution in [2.45, 2.75) is 18.9 Å². The van der Waals surface area contributed by atoms with E-state index in [1.165, 1.54) is 0 Å². The Kier molecular flexibility index (Phi) is 7.06. The highest BCUT2D eigenvalue weighted by Crippen LogP contribution is 2.12. The van der Waals surface area contributed by atoms with E-state index in [1.807, 2.05) is 14.0 Å². The summed E-state index contributed by atoms with van der Waals surface area (Å²) in [6, 6.07) is 2.26. The highest BCUT2D eigenvalue weighted by Gasteiger charge is 2.20. The molecule has 0 aromatic carbocycles. The van der Waals surface area contributed by atoms with Gasteiger partial charge in [-0.05, 0) is 26.1 Å². The van der Waals surface area contributed by atoms with Gasteiger partial charge in [0.1, 0.15) is 5.54 Å². The Morgan fingerprint density at radius 3 is 2.77 bits per heavy atom. The Bertz CT molecular complexity index is 169. The molecule has 0 saturated carbocycles. The van der Waals surface area contributed by atoms with Crippen LogP contribution >= 0.6 is 11.8 Å². The Balaban J connectivity index is 3.46. The van der Waals surface area contributed by atoms with Crippen molar-refractivity contribution in [2.24, 2.45) is 0 Å². The van der Waals surface area contributed by atoms with Crippen LogP contribution in [0.1, 0.15) is 13.3 Å². The summed E-state index contributed by atoms with van der Waals surface area (Å²) in [5.74, 6) is 1.87. The lowest BCUT2D eigenvalue weighted by molar-refractivity contribution is 0.200. The Morgan fingerprint density at radius 2 is 2.31 bits per heavy atom. The lowest BCUT2D eigenvalue weighted by Crippen LogP contribution is -2.40. The minimum atomic E-state index is -0.391. The van der Waals surface area contributed by atoms with Gasteiger partial charge in [-0.1, -0.05) is 0 Å². The molecular weight excluding hydrogens is 184 g/mol. The summed E-state index contributed by atoms with van der Waals surface area (Å²) in [7, 11) is 3.52. The van der Waals surface area contributed by atoms with Crippen LogP contribution in [0.25, 0.3) is 0 Å². The summed E-state index contributed by atoms with van der Waals surface area (Å²) < 4.78 is 4.93. The summed E-state index contributed by atoms with van der Waals surface area (Å²) in [6.45, 7) is 2.71. The number of rotatable bonds is 7. The molecule has 0 aromatic heterocycles. The van der Waals surface area contributed by atoms with Gasteiger partial charge in [-0.25, -0.2) is 0 Å². The van der Waals surface area contributed by atoms with E-state index < -0.39 is 5.54 Å². The molecule has 0 bridgehead atoms. The number of nitrogens with zero attached hydrogens (tertiary/aromatic N) is 1. The van der Waals surface area contributed by atoms with Gasteiger partial charge >= 0.3 is 0 Å². The minimum absolute atomic E-state index is 0.391. The fourth-order valence-electron chi connectivity index (χ4n) is 0.742. The lowest BCUT2D eigenvalue weighted by atomic mass is 10.1. The van der Waals surface area contributed by atoms with Crippen LogP contribution in [0.3, 0.4) is 0 Å². The molecule has 1 N–H and O–H groups in total. The normalized spacial score (nSPS) is 14.9. The summed E-state index contributed by atoms with van der Waals surface area (Å²) in [5.41, 5.74) is -0.391. The first kappa shape index (κ1) is 12.8. The van der Waals surface area contributed by atoms with E-state index in [0.29, 0.717) is 0 Å². The van der Waals surface area contributed by atoms with E-state index in [9.17, 15) is 0 Å². The van der Waals surface area contributed by atoms with Crippen molar-refractivity contribution in [1.29, 1.82) is 5.26 Å². The molecule has 13 heavy (non-hydrogen) atoms. The first-order valence-electron chi connectivity index (χ1n) is 4.35. The SMILES string of the molecule is CNC(C)(C#N)CSCCCOC. The second-order valence-electron chi connectivity index (χ2n) is 3.09. The number of hydrogen-bond donors (Lipinski definition) is 1. The third-order valence-corrected chi connectivity index (χ3v) is 3.19. The zero-order chi connectivity index (χ0) is 10.2. The van der Waals surface area contributed by atoms with E-state index in [2.05, 4.69) is 11.4 Å². The average molecular weight is 202 g/mol. The minimum Gasteiger partial charge on any atom is -0.385 e. The van der Waals surface area contributed by atoms with Crippen LogP contribution in [0.5, 0.6) is 0 Å². The number of nitriles is 1. The van der Waals surface area contributed by atoms with Crippen molar-refractivity contribution >= 4 is 11.8 Å². The third kappa shape index (κ3) is 5.92. The van der Waals surface area contributed by atoms with Crippen LogP contribution in [0.4, 0.5) is 0 Å². The quantitative estimate of drug-likeness (QED) is 0.631. The zero-order valence-electron chi connectivity index (χ0n) is 8.59. The van der Waals surface area contributed by atoms with Crippen LogP contribution in [0.2, 0.25) is 0 Å². The summed E-state index contributed by atoms with van der Waals surface area (Å²) in [6.07, 6.45) is 1.05. The highest BCUT2D eigenvalue weighted by molar-refractivity contribution is 7.99. The van der Waals surface area contributed by atoms with E-state index >= 15 is 0 Å². The molecule has 0 aliphatic rings. The maximum absolute atomic E-state index is 8.84. The first-order valence-corrected chi connectivity index (χ1v) is 5.51. The van der Waals surface area contributed by atoms with Crippen molar-refractivity contribution in [3.05, 3.63) is 0 Å². The second-order valence-corrected chi connectivity index (χ2v) is 4.20. The summed E-state index contributed by atoms with van der Waals surface area (Å²) in [4.78, 5) is 0. The number of nitrogens with one attached hydrogen (secondary N) is 1. The zero-order valence-corrected chi connectivity index (χ0v) is 9.41. The van der Waals surface area contributed by atoms with Crippen LogP contribution in [0.15, 0.2) is 0 Å². The smallest absolute Gasteiger partial charge is 0.112 e. The molecule has 3 nitrogen and oxygen atoms in total. The van der Waals surface area contributed by atoms with Gasteiger partial charge in [0.15, 0.2) is 0 Å². The van der Waals surface area contributed by atoms with Crippen molar-refractivity contribution in [3.63, 3.8) is 0 Å². The third-order valence-electron chi connectivity index (χ3n) is 1.83. The molecule has 76 valence electrons. The molecule has 0 aliphatic carbocycles. The number of methoxy groups -OCH3 is 1. The highest BCUT2D eigenvalue weighted by atomic mass is 32.2. The fraction of sp³-hybridized carbons (Fsp3) is 0.889. The second kappa shape index (κ2) is 7.19. The maximum Gasteiger partial charge on any atom is 0.112 e. The average Bonchev–Trinajstić information content (AvgIpc) is 2.17. The Hall–Kier alpha value is -0.240. The van der Waals surface area contributed by atoms with E-state index in [4.69, 9.17) is 10.00 Å². The van der Waals surface area contributed by atoms with Gasteiger partial charge in [0.05, 0.1) is 6.07 Å². The first-order chi connectivity index (χ1) is 6.18. The van der Waals surface area contributed by atoms with Gasteiger partial charge in [-0.15, -0.1) is 0 Å². The Morgan fingerprint density at radius 1 is 1.62 bits per heavy atom. The van der Waals surface area contributed by atoms with Gasteiger partial charge in [0, 0.05) is 19.5 Å². The van der Waals surface area contributed by atoms with Crippen molar-refractivity contribution in [2.75, 3.05) is 32.3 Å². The topological polar surface area (TPSA) is 45.0 Å². The summed E-state index contributed by atoms with van der Waals surface area (Å²) in [5, 5.41) is 11.8. The van der Waals surface area contributed by atoms with E-state index in [0.717, 1.165) is 24.5 Å². The van der Waals surface area contributed by atoms with Gasteiger partial charge in [-0.2, -0.15) is 17.0 Å². The van der Waals surface area contributed by atoms with Crippen LogP contribution in [-0.4, -0.2) is 37.8 Å². The van der Waals surface area contributed by atoms with Gasteiger partial charge < -0.3 is 10.1 Å². The molecule has 0 heterocycles. The molecule has 0 radical (unpaired) electrons. The molecule has 0 aromatic rings. The van der Waals surface area contributed by atoms with Crippen LogP contribution in [0, 0.1) is 11.3 Å². The molecule has 1 atom stereocenters. The van der Waals surface area contributed by atoms with Crippen molar-refractivity contribution < 1.29 is 4.74 Å². The molecule has 4 heteroatoms. The number of ether oxygens (including phenoxy) is 1. The molecule has 0 saturated heterocycles. The lowest BCUT2D eigenvalue weighted by Gasteiger charge is -2.19. The molecular formula is C9H18N2OS. The largest absolute Gasteiger partial charge is 0.385 e. The fourth-order valence-corrected chi connectivity index (χ4v) is 1.83. The van der Waals surface area contributed by atoms with E-state index in [1.54, 1.807) is 18.9 Å². The number of hydrogen-bond acceptors (Lipinski definition) is 4. The summed E-state index contributed by atoms with van der Waals surface area (Å²) >= 11 is 1.78. The predicted molar refractivity (Wildman–Crippen MR) is 56.9 cm³/mol. The number of thioether (sulfide) groups is 1. The maximum atomic E-state index is 8.84. The van der Waals surface area contributed by atoms with Crippen molar-refractivity contribution in [3.8, 4) is 6.07 Å². The molecule has 0 fully saturated rings. The molecule has 1 unspecified atom stereocenters.